The number of para-hydroxylation sites is 2. The fraction of sp³-hybridized carbons (Fsp3) is 0.185. The average Bonchev–Trinajstić information content (AvgIpc) is 2.86. The lowest BCUT2D eigenvalue weighted by Gasteiger charge is -2.24. The van der Waals surface area contributed by atoms with Gasteiger partial charge in [0.05, 0.1) is 23.9 Å². The molecule has 0 saturated heterocycles. The molecule has 0 bridgehead atoms. The van der Waals surface area contributed by atoms with E-state index in [1.54, 1.807) is 42.5 Å². The number of amides is 1. The van der Waals surface area contributed by atoms with E-state index in [2.05, 4.69) is 5.32 Å². The quantitative estimate of drug-likeness (QED) is 0.433. The van der Waals surface area contributed by atoms with Gasteiger partial charge in [0.25, 0.3) is 5.91 Å². The van der Waals surface area contributed by atoms with Gasteiger partial charge in [0.1, 0.15) is 5.75 Å². The minimum atomic E-state index is -2.14. The van der Waals surface area contributed by atoms with Crippen LogP contribution in [0.1, 0.15) is 31.8 Å². The van der Waals surface area contributed by atoms with Crippen molar-refractivity contribution in [2.75, 3.05) is 12.4 Å². The molecule has 0 saturated carbocycles. The maximum Gasteiger partial charge on any atom is 0.349 e. The molecule has 1 amide bonds. The fourth-order valence-electron chi connectivity index (χ4n) is 3.19. The Hall–Kier alpha value is -4.66. The predicted molar refractivity (Wildman–Crippen MR) is 130 cm³/mol. The summed E-state index contributed by atoms with van der Waals surface area (Å²) < 4.78 is 15.7. The van der Waals surface area contributed by atoms with Gasteiger partial charge in [-0.3, -0.25) is 4.79 Å². The fourth-order valence-corrected chi connectivity index (χ4v) is 3.19. The number of hydrogen-bond acceptors (Lipinski definition) is 7. The number of aliphatic carboxylic acids is 1. The molecule has 0 spiro atoms. The smallest absolute Gasteiger partial charge is 0.349 e. The lowest BCUT2D eigenvalue weighted by molar-refractivity contribution is -0.157. The van der Waals surface area contributed by atoms with Gasteiger partial charge in [-0.25, -0.2) is 14.4 Å². The van der Waals surface area contributed by atoms with Gasteiger partial charge in [-0.2, -0.15) is 0 Å². The molecule has 186 valence electrons. The number of benzene rings is 3. The van der Waals surface area contributed by atoms with E-state index in [-0.39, 0.29) is 22.6 Å². The zero-order valence-corrected chi connectivity index (χ0v) is 19.9. The Balaban J connectivity index is 1.93. The number of esters is 2. The number of carboxylic acid groups (broad SMARTS) is 1. The number of rotatable bonds is 9. The molecule has 0 aliphatic rings. The highest BCUT2D eigenvalue weighted by Crippen LogP contribution is 2.24. The molecule has 2 atom stereocenters. The third-order valence-electron chi connectivity index (χ3n) is 5.18. The van der Waals surface area contributed by atoms with Gasteiger partial charge in [0.2, 0.25) is 12.2 Å². The largest absolute Gasteiger partial charge is 0.495 e. The summed E-state index contributed by atoms with van der Waals surface area (Å²) >= 11 is 0. The van der Waals surface area contributed by atoms with E-state index in [0.717, 1.165) is 11.1 Å². The van der Waals surface area contributed by atoms with Gasteiger partial charge in [0, 0.05) is 0 Å². The first kappa shape index (κ1) is 26.0. The van der Waals surface area contributed by atoms with Crippen LogP contribution in [0.4, 0.5) is 5.69 Å². The van der Waals surface area contributed by atoms with Crippen LogP contribution < -0.4 is 10.1 Å². The second-order valence-corrected chi connectivity index (χ2v) is 7.91. The third kappa shape index (κ3) is 6.47. The number of aryl methyl sites for hydroxylation is 2. The molecule has 3 aromatic rings. The topological polar surface area (TPSA) is 128 Å². The summed E-state index contributed by atoms with van der Waals surface area (Å²) in [6, 6.07) is 18.9. The first-order valence-electron chi connectivity index (χ1n) is 10.9. The molecular formula is C27H25NO8. The molecule has 0 heterocycles. The average molecular weight is 491 g/mol. The molecule has 3 rings (SSSR count). The molecule has 0 radical (unpaired) electrons. The SMILES string of the molecule is COc1ccccc1NC(=O)C(OC(=O)c1ccc(C)cc1)C(OC(=O)c1ccc(C)cc1)C(=O)O. The van der Waals surface area contributed by atoms with Gasteiger partial charge in [-0.15, -0.1) is 0 Å². The van der Waals surface area contributed by atoms with Crippen LogP contribution in [0.5, 0.6) is 5.75 Å². The van der Waals surface area contributed by atoms with Crippen molar-refractivity contribution >= 4 is 29.5 Å². The molecule has 3 aromatic carbocycles. The van der Waals surface area contributed by atoms with Crippen LogP contribution >= 0.6 is 0 Å². The number of nitrogens with one attached hydrogen (secondary N) is 1. The zero-order chi connectivity index (χ0) is 26.2. The first-order valence-corrected chi connectivity index (χ1v) is 10.9. The Bertz CT molecular complexity index is 1250. The highest BCUT2D eigenvalue weighted by atomic mass is 16.6. The highest BCUT2D eigenvalue weighted by Gasteiger charge is 2.41. The molecule has 0 aromatic heterocycles. The Labute approximate surface area is 207 Å². The van der Waals surface area contributed by atoms with Crippen molar-refractivity contribution in [3.8, 4) is 5.75 Å². The van der Waals surface area contributed by atoms with Gasteiger partial charge in [-0.1, -0.05) is 47.5 Å². The summed E-state index contributed by atoms with van der Waals surface area (Å²) in [7, 11) is 1.39. The molecular weight excluding hydrogens is 466 g/mol. The normalized spacial score (nSPS) is 12.1. The van der Waals surface area contributed by atoms with Gasteiger partial charge < -0.3 is 24.6 Å². The molecule has 0 aliphatic carbocycles. The summed E-state index contributed by atoms with van der Waals surface area (Å²) in [5, 5.41) is 12.3. The van der Waals surface area contributed by atoms with E-state index in [0.29, 0.717) is 0 Å². The van der Waals surface area contributed by atoms with Crippen LogP contribution in [-0.2, 0) is 19.1 Å². The number of carbonyl (C=O) groups excluding carboxylic acids is 3. The van der Waals surface area contributed by atoms with Crippen molar-refractivity contribution in [2.24, 2.45) is 0 Å². The molecule has 2 unspecified atom stereocenters. The van der Waals surface area contributed by atoms with E-state index in [4.69, 9.17) is 14.2 Å². The van der Waals surface area contributed by atoms with Crippen LogP contribution in [0.2, 0.25) is 0 Å². The van der Waals surface area contributed by atoms with E-state index >= 15 is 0 Å². The Morgan fingerprint density at radius 1 is 0.722 bits per heavy atom. The summed E-state index contributed by atoms with van der Waals surface area (Å²) in [5.74, 6) is -4.37. The molecule has 9 nitrogen and oxygen atoms in total. The number of methoxy groups -OCH3 is 1. The summed E-state index contributed by atoms with van der Waals surface area (Å²) in [6.45, 7) is 3.64. The standard InChI is InChI=1S/C27H25NO8/c1-16-8-12-18(13-9-16)26(32)35-22(24(29)28-20-6-4-5-7-21(20)34-3)23(25(30)31)36-27(33)19-14-10-17(2)11-15-19/h4-15,22-23H,1-3H3,(H,28,29)(H,30,31). The molecule has 36 heavy (non-hydrogen) atoms. The monoisotopic (exact) mass is 491 g/mol. The van der Waals surface area contributed by atoms with Crippen molar-refractivity contribution in [3.05, 3.63) is 95.1 Å². The van der Waals surface area contributed by atoms with Gasteiger partial charge in [0.15, 0.2) is 0 Å². The number of ether oxygens (including phenoxy) is 3. The van der Waals surface area contributed by atoms with E-state index in [9.17, 15) is 24.3 Å². The maximum absolute atomic E-state index is 13.2. The van der Waals surface area contributed by atoms with Crippen LogP contribution in [-0.4, -0.2) is 48.2 Å². The Morgan fingerprint density at radius 2 is 1.19 bits per heavy atom. The molecule has 2 N–H and O–H groups in total. The van der Waals surface area contributed by atoms with Gasteiger partial charge >= 0.3 is 17.9 Å². The van der Waals surface area contributed by atoms with Crippen LogP contribution in [0.3, 0.4) is 0 Å². The third-order valence-corrected chi connectivity index (χ3v) is 5.18. The second-order valence-electron chi connectivity index (χ2n) is 7.91. The summed E-state index contributed by atoms with van der Waals surface area (Å²) in [4.78, 5) is 50.8. The van der Waals surface area contributed by atoms with Crippen molar-refractivity contribution in [3.63, 3.8) is 0 Å². The minimum absolute atomic E-state index is 0.0700. The van der Waals surface area contributed by atoms with Crippen molar-refractivity contribution in [2.45, 2.75) is 26.1 Å². The lowest BCUT2D eigenvalue weighted by Crippen LogP contribution is -2.48. The Kier molecular flexibility index (Phi) is 8.40. The molecule has 9 heteroatoms. The Morgan fingerprint density at radius 3 is 1.67 bits per heavy atom. The highest BCUT2D eigenvalue weighted by molar-refractivity contribution is 6.02. The zero-order valence-electron chi connectivity index (χ0n) is 19.9. The number of hydrogen-bond donors (Lipinski definition) is 2. The van der Waals surface area contributed by atoms with Crippen LogP contribution in [0, 0.1) is 13.8 Å². The lowest BCUT2D eigenvalue weighted by atomic mass is 10.1. The van der Waals surface area contributed by atoms with Crippen molar-refractivity contribution in [1.82, 2.24) is 0 Å². The van der Waals surface area contributed by atoms with Crippen molar-refractivity contribution in [1.29, 1.82) is 0 Å². The van der Waals surface area contributed by atoms with E-state index in [1.165, 1.54) is 37.4 Å². The number of carboxylic acids is 1. The summed E-state index contributed by atoms with van der Waals surface area (Å²) in [5.41, 5.74) is 2.12. The first-order chi connectivity index (χ1) is 17.2. The van der Waals surface area contributed by atoms with Gasteiger partial charge in [-0.05, 0) is 50.2 Å². The van der Waals surface area contributed by atoms with Crippen molar-refractivity contribution < 1.29 is 38.5 Å². The predicted octanol–water partition coefficient (Wildman–Crippen LogP) is 3.79. The number of carbonyl (C=O) groups is 4. The van der Waals surface area contributed by atoms with Crippen LogP contribution in [0.15, 0.2) is 72.8 Å². The van der Waals surface area contributed by atoms with E-state index in [1.807, 2.05) is 13.8 Å². The van der Waals surface area contributed by atoms with E-state index < -0.39 is 36.0 Å². The molecule has 0 fully saturated rings. The number of anilines is 1. The van der Waals surface area contributed by atoms with Crippen LogP contribution in [0.25, 0.3) is 0 Å². The minimum Gasteiger partial charge on any atom is -0.495 e. The second kappa shape index (κ2) is 11.7. The molecule has 0 aliphatic heterocycles. The maximum atomic E-state index is 13.2. The summed E-state index contributed by atoms with van der Waals surface area (Å²) in [6.07, 6.45) is -4.15.